The van der Waals surface area contributed by atoms with Crippen LogP contribution < -0.4 is 0 Å². The first-order chi connectivity index (χ1) is 5.31. The van der Waals surface area contributed by atoms with Gasteiger partial charge in [-0.05, 0) is 0 Å². The molecule has 0 atom stereocenters. The van der Waals surface area contributed by atoms with Crippen molar-refractivity contribution < 1.29 is 37.2 Å². The zero-order valence-corrected chi connectivity index (χ0v) is 12.9. The van der Waals surface area contributed by atoms with E-state index in [1.54, 1.807) is 0 Å². The van der Waals surface area contributed by atoms with Crippen LogP contribution in [-0.2, 0) is 37.2 Å². The van der Waals surface area contributed by atoms with E-state index in [9.17, 15) is 4.79 Å². The van der Waals surface area contributed by atoms with Gasteiger partial charge < -0.3 is 0 Å². The van der Waals surface area contributed by atoms with Crippen LogP contribution in [0.3, 0.4) is 0 Å². The fourth-order valence-electron chi connectivity index (χ4n) is 0.494. The summed E-state index contributed by atoms with van der Waals surface area (Å²) in [5.41, 5.74) is 0. The normalized spacial score (nSPS) is 8.91. The number of alkyl halides is 1. The molecule has 0 saturated heterocycles. The summed E-state index contributed by atoms with van der Waals surface area (Å²) >= 11 is 3.89. The summed E-state index contributed by atoms with van der Waals surface area (Å²) in [5, 5.41) is 0. The minimum absolute atomic E-state index is 0.00716. The maximum atomic E-state index is 10.7. The molecule has 0 aliphatic heterocycles. The predicted molar refractivity (Wildman–Crippen MR) is 37.9 cm³/mol. The van der Waals surface area contributed by atoms with E-state index < -0.39 is 25.0 Å². The first-order valence-corrected chi connectivity index (χ1v) is 10.3. The Morgan fingerprint density at radius 1 is 1.64 bits per heavy atom. The number of carbonyl (C=O) groups excluding carboxylic acids is 1. The van der Waals surface area contributed by atoms with E-state index >= 15 is 0 Å². The van der Waals surface area contributed by atoms with Gasteiger partial charge in [-0.2, -0.15) is 0 Å². The molecule has 0 fully saturated rings. The fourth-order valence-corrected chi connectivity index (χ4v) is 3.46. The van der Waals surface area contributed by atoms with Gasteiger partial charge in [0, 0.05) is 0 Å². The molecule has 0 aromatic heterocycles. The number of carbonyl (C=O) groups is 1. The molecule has 0 radical (unpaired) electrons. The van der Waals surface area contributed by atoms with Crippen LogP contribution in [0, 0.1) is 0 Å². The van der Waals surface area contributed by atoms with Gasteiger partial charge in [0.05, 0.1) is 0 Å². The number of hydrogen-bond acceptors (Lipinski definition) is 3. The van der Waals surface area contributed by atoms with Gasteiger partial charge in [-0.3, -0.25) is 0 Å². The molecule has 0 rings (SSSR count). The summed E-state index contributed by atoms with van der Waals surface area (Å²) < 4.78 is 10.8. The third-order valence-electron chi connectivity index (χ3n) is 1.06. The standard InChI is InChI=1S/C3H5ClO3.C3H7.Hg/c4-2-7-1-3(5)6;1-3-2;/h1-2H2,(H,5,6);1,3H2,2H3;/q;;+1/p-1. The fraction of sp³-hybridized carbons (Fsp3) is 0.833. The molecule has 0 aromatic carbocycles. The van der Waals surface area contributed by atoms with E-state index in [4.69, 9.17) is 14.2 Å². The summed E-state index contributed by atoms with van der Waals surface area (Å²) in [6.07, 6.45) is 1.12. The van der Waals surface area contributed by atoms with Crippen LogP contribution >= 0.6 is 11.6 Å². The van der Waals surface area contributed by atoms with Gasteiger partial charge in [-0.15, -0.1) is 0 Å². The van der Waals surface area contributed by atoms with Crippen molar-refractivity contribution in [1.29, 1.82) is 0 Å². The van der Waals surface area contributed by atoms with E-state index in [2.05, 4.69) is 11.7 Å². The van der Waals surface area contributed by atoms with Crippen molar-refractivity contribution in [2.24, 2.45) is 0 Å². The summed E-state index contributed by atoms with van der Waals surface area (Å²) in [4.78, 5) is 10.7. The van der Waals surface area contributed by atoms with Crippen LogP contribution in [0.15, 0.2) is 0 Å². The number of rotatable bonds is 6. The van der Waals surface area contributed by atoms with Crippen LogP contribution in [0.2, 0.25) is 3.93 Å². The molecule has 62 valence electrons. The summed E-state index contributed by atoms with van der Waals surface area (Å²) in [6, 6.07) is 0.0553. The molecule has 0 bridgehead atoms. The first-order valence-electron chi connectivity index (χ1n) is 3.60. The Labute approximate surface area is 84.5 Å². The van der Waals surface area contributed by atoms with Gasteiger partial charge in [-0.25, -0.2) is 0 Å². The first kappa shape index (κ1) is 11.7. The number of ether oxygens (including phenoxy) is 1. The zero-order chi connectivity index (χ0) is 8.53. The van der Waals surface area contributed by atoms with Crippen LogP contribution in [0.5, 0.6) is 0 Å². The Kier molecular flexibility index (Phi) is 9.27. The van der Waals surface area contributed by atoms with E-state index in [0.29, 0.717) is 0 Å². The van der Waals surface area contributed by atoms with Crippen molar-refractivity contribution in [3.63, 3.8) is 0 Å². The molecule has 0 aliphatic rings. The molecule has 0 amide bonds. The Morgan fingerprint density at radius 3 is 2.91 bits per heavy atom. The Morgan fingerprint density at radius 2 is 2.36 bits per heavy atom. The van der Waals surface area contributed by atoms with E-state index in [0.717, 1.165) is 10.4 Å². The topological polar surface area (TPSA) is 35.5 Å². The molecule has 0 aromatic rings. The third-order valence-corrected chi connectivity index (χ3v) is 7.13. The van der Waals surface area contributed by atoms with Crippen molar-refractivity contribution in [2.45, 2.75) is 17.3 Å². The Hall–Kier alpha value is 0.655. The molecule has 0 spiro atoms. The summed E-state index contributed by atoms with van der Waals surface area (Å²) in [7, 11) is 0. The molecule has 0 aliphatic carbocycles. The predicted octanol–water partition coefficient (Wildman–Crippen LogP) is 1.57. The molecule has 0 saturated carbocycles. The third kappa shape index (κ3) is 8.56. The molecule has 11 heavy (non-hydrogen) atoms. The molecule has 0 heterocycles. The van der Waals surface area contributed by atoms with Crippen molar-refractivity contribution in [3.8, 4) is 0 Å². The number of halogens is 1. The Bertz CT molecular complexity index is 110. The van der Waals surface area contributed by atoms with Gasteiger partial charge in [0.25, 0.3) is 0 Å². The SMILES string of the molecule is CC[CH2][Hg][O]C(=O)COCCl. The van der Waals surface area contributed by atoms with Crippen molar-refractivity contribution >= 4 is 17.6 Å². The van der Waals surface area contributed by atoms with Crippen molar-refractivity contribution in [3.05, 3.63) is 0 Å². The Balaban J connectivity index is 3.09. The van der Waals surface area contributed by atoms with Crippen molar-refractivity contribution in [1.82, 2.24) is 0 Å². The molecule has 3 nitrogen and oxygen atoms in total. The second-order valence-corrected chi connectivity index (χ2v) is 7.71. The maximum absolute atomic E-state index is 10.7. The van der Waals surface area contributed by atoms with Gasteiger partial charge in [-0.1, -0.05) is 0 Å². The molecule has 5 heteroatoms. The van der Waals surface area contributed by atoms with Crippen LogP contribution in [0.1, 0.15) is 13.3 Å². The quantitative estimate of drug-likeness (QED) is 0.406. The monoisotopic (exact) mass is 368 g/mol. The second-order valence-electron chi connectivity index (χ2n) is 2.03. The van der Waals surface area contributed by atoms with Crippen LogP contribution in [0.4, 0.5) is 0 Å². The average molecular weight is 367 g/mol. The van der Waals surface area contributed by atoms with E-state index in [-0.39, 0.29) is 18.6 Å². The van der Waals surface area contributed by atoms with Crippen molar-refractivity contribution in [2.75, 3.05) is 12.7 Å². The van der Waals surface area contributed by atoms with Gasteiger partial charge in [0.2, 0.25) is 0 Å². The minimum atomic E-state index is -1.30. The molecule has 0 unspecified atom stereocenters. The van der Waals surface area contributed by atoms with Gasteiger partial charge in [0.15, 0.2) is 0 Å². The molecular weight excluding hydrogens is 356 g/mol. The average Bonchev–Trinajstić information content (AvgIpc) is 2.01. The van der Waals surface area contributed by atoms with Gasteiger partial charge >= 0.3 is 84.7 Å². The second kappa shape index (κ2) is 8.75. The molecular formula is C6H11ClHgO3. The molecule has 0 N–H and O–H groups in total. The van der Waals surface area contributed by atoms with Crippen LogP contribution in [0.25, 0.3) is 0 Å². The summed E-state index contributed by atoms with van der Waals surface area (Å²) in [5.74, 6) is -0.249. The number of hydrogen-bond donors (Lipinski definition) is 0. The van der Waals surface area contributed by atoms with Gasteiger partial charge in [0.1, 0.15) is 0 Å². The zero-order valence-electron chi connectivity index (χ0n) is 6.64. The van der Waals surface area contributed by atoms with Crippen LogP contribution in [-0.4, -0.2) is 18.6 Å². The van der Waals surface area contributed by atoms with E-state index in [1.165, 1.54) is 0 Å². The summed E-state index contributed by atoms with van der Waals surface area (Å²) in [6.45, 7) is 2.09. The van der Waals surface area contributed by atoms with E-state index in [1.807, 2.05) is 0 Å².